The quantitative estimate of drug-likeness (QED) is 0.672. The summed E-state index contributed by atoms with van der Waals surface area (Å²) in [6, 6.07) is 9.22. The molecular formula is C18H16N2O4S. The molecule has 128 valence electrons. The molecule has 0 spiro atoms. The number of nitrogens with zero attached hydrogens (tertiary/aromatic N) is 1. The van der Waals surface area contributed by atoms with Crippen LogP contribution >= 0.6 is 11.8 Å². The Hall–Kier alpha value is -2.80. The summed E-state index contributed by atoms with van der Waals surface area (Å²) in [5.41, 5.74) is 2.16. The van der Waals surface area contributed by atoms with Gasteiger partial charge in [-0.1, -0.05) is 18.2 Å². The lowest BCUT2D eigenvalue weighted by atomic mass is 10.2. The number of carbonyl (C=O) groups excluding carboxylic acids is 2. The molecule has 0 aliphatic carbocycles. The highest BCUT2D eigenvalue weighted by Gasteiger charge is 2.25. The van der Waals surface area contributed by atoms with Gasteiger partial charge in [0.25, 0.3) is 5.91 Å². The third-order valence-corrected chi connectivity index (χ3v) is 4.51. The van der Waals surface area contributed by atoms with Crippen LogP contribution in [0.5, 0.6) is 0 Å². The maximum Gasteiger partial charge on any atom is 0.341 e. The Bertz CT molecular complexity index is 912. The van der Waals surface area contributed by atoms with Crippen molar-refractivity contribution in [3.8, 4) is 0 Å². The van der Waals surface area contributed by atoms with Crippen molar-refractivity contribution in [2.75, 3.05) is 7.11 Å². The van der Waals surface area contributed by atoms with E-state index in [9.17, 15) is 9.59 Å². The van der Waals surface area contributed by atoms with Crippen LogP contribution in [0.2, 0.25) is 0 Å². The van der Waals surface area contributed by atoms with Crippen LogP contribution in [0.4, 0.5) is 5.69 Å². The molecule has 25 heavy (non-hydrogen) atoms. The van der Waals surface area contributed by atoms with Gasteiger partial charge in [0, 0.05) is 6.08 Å². The number of methoxy groups -OCH3 is 1. The minimum atomic E-state index is -0.476. The van der Waals surface area contributed by atoms with Crippen LogP contribution in [-0.4, -0.2) is 24.2 Å². The van der Waals surface area contributed by atoms with Crippen LogP contribution in [0.15, 0.2) is 44.6 Å². The number of amides is 1. The summed E-state index contributed by atoms with van der Waals surface area (Å²) in [4.78, 5) is 28.7. The number of para-hydroxylation sites is 1. The lowest BCUT2D eigenvalue weighted by molar-refractivity contribution is -0.115. The number of esters is 1. The molecule has 0 unspecified atom stereocenters. The van der Waals surface area contributed by atoms with Crippen LogP contribution in [0.1, 0.15) is 27.4 Å². The number of ether oxygens (including phenoxy) is 1. The summed E-state index contributed by atoms with van der Waals surface area (Å²) < 4.78 is 10.2. The van der Waals surface area contributed by atoms with Crippen molar-refractivity contribution in [3.63, 3.8) is 0 Å². The van der Waals surface area contributed by atoms with Gasteiger partial charge in [0.2, 0.25) is 0 Å². The number of aliphatic imine (C=N–C) groups is 1. The van der Waals surface area contributed by atoms with Gasteiger partial charge in [-0.2, -0.15) is 0 Å². The van der Waals surface area contributed by atoms with E-state index >= 15 is 0 Å². The molecule has 2 aromatic rings. The molecule has 0 atom stereocenters. The van der Waals surface area contributed by atoms with Gasteiger partial charge in [0.05, 0.1) is 17.7 Å². The fourth-order valence-electron chi connectivity index (χ4n) is 2.30. The third-order valence-electron chi connectivity index (χ3n) is 3.60. The molecule has 0 bridgehead atoms. The first-order valence-corrected chi connectivity index (χ1v) is 8.33. The summed E-state index contributed by atoms with van der Waals surface area (Å²) in [5, 5.41) is 3.23. The molecule has 0 saturated carbocycles. The van der Waals surface area contributed by atoms with Crippen LogP contribution in [0.25, 0.3) is 6.08 Å². The molecule has 7 heteroatoms. The summed E-state index contributed by atoms with van der Waals surface area (Å²) in [5.74, 6) is 0.117. The Kier molecular flexibility index (Phi) is 4.76. The van der Waals surface area contributed by atoms with Crippen molar-refractivity contribution < 1.29 is 18.7 Å². The minimum Gasteiger partial charge on any atom is -0.465 e. The second-order valence-corrected chi connectivity index (χ2v) is 6.41. The number of hydrogen-bond acceptors (Lipinski definition) is 6. The van der Waals surface area contributed by atoms with Gasteiger partial charge in [0.1, 0.15) is 17.1 Å². The summed E-state index contributed by atoms with van der Waals surface area (Å²) in [7, 11) is 1.31. The van der Waals surface area contributed by atoms with Gasteiger partial charge < -0.3 is 14.5 Å². The minimum absolute atomic E-state index is 0.258. The van der Waals surface area contributed by atoms with E-state index in [1.165, 1.54) is 18.9 Å². The molecule has 1 aliphatic heterocycles. The Morgan fingerprint density at radius 2 is 2.08 bits per heavy atom. The molecule has 6 nitrogen and oxygen atoms in total. The molecule has 0 radical (unpaired) electrons. The fraction of sp³-hybridized carbons (Fsp3) is 0.167. The zero-order valence-electron chi connectivity index (χ0n) is 14.0. The monoisotopic (exact) mass is 356 g/mol. The topological polar surface area (TPSA) is 80.9 Å². The highest BCUT2D eigenvalue weighted by Crippen LogP contribution is 2.30. The molecule has 1 aliphatic rings. The first kappa shape index (κ1) is 17.0. The number of thioether (sulfide) groups is 1. The summed E-state index contributed by atoms with van der Waals surface area (Å²) in [6.07, 6.45) is 1.58. The number of nitrogens with one attached hydrogen (secondary N) is 1. The largest absolute Gasteiger partial charge is 0.465 e. The highest BCUT2D eigenvalue weighted by atomic mass is 32.2. The second-order valence-electron chi connectivity index (χ2n) is 5.38. The first-order valence-electron chi connectivity index (χ1n) is 7.52. The van der Waals surface area contributed by atoms with Crippen LogP contribution in [0, 0.1) is 13.8 Å². The van der Waals surface area contributed by atoms with Crippen molar-refractivity contribution >= 4 is 40.6 Å². The SMILES string of the molecule is COC(=O)c1cc(/C=C2/SC(=Nc3ccccc3C)NC2=O)oc1C. The predicted molar refractivity (Wildman–Crippen MR) is 96.8 cm³/mol. The average molecular weight is 356 g/mol. The van der Waals surface area contributed by atoms with Crippen molar-refractivity contribution in [1.29, 1.82) is 0 Å². The van der Waals surface area contributed by atoms with E-state index in [0.29, 0.717) is 27.2 Å². The third kappa shape index (κ3) is 3.66. The van der Waals surface area contributed by atoms with Gasteiger partial charge in [-0.3, -0.25) is 4.79 Å². The second kappa shape index (κ2) is 6.98. The molecule has 1 aromatic carbocycles. The zero-order valence-corrected chi connectivity index (χ0v) is 14.8. The number of benzene rings is 1. The standard InChI is InChI=1S/C18H16N2O4S/c1-10-6-4-5-7-14(10)19-18-20-16(21)15(25-18)9-12-8-13(11(2)24-12)17(22)23-3/h4-9H,1-3H3,(H,19,20,21)/b15-9+. The number of aryl methyl sites for hydroxylation is 2. The van der Waals surface area contributed by atoms with E-state index in [0.717, 1.165) is 11.3 Å². The first-order chi connectivity index (χ1) is 12.0. The van der Waals surface area contributed by atoms with Crippen molar-refractivity contribution in [3.05, 3.63) is 57.9 Å². The normalized spacial score (nSPS) is 17.2. The van der Waals surface area contributed by atoms with Crippen LogP contribution in [0.3, 0.4) is 0 Å². The highest BCUT2D eigenvalue weighted by molar-refractivity contribution is 8.18. The van der Waals surface area contributed by atoms with Crippen LogP contribution in [-0.2, 0) is 9.53 Å². The number of carbonyl (C=O) groups is 2. The summed E-state index contributed by atoms with van der Waals surface area (Å²) in [6.45, 7) is 3.62. The molecule has 1 fully saturated rings. The number of rotatable bonds is 3. The molecular weight excluding hydrogens is 340 g/mol. The number of amidine groups is 1. The van der Waals surface area contributed by atoms with Gasteiger partial charge in [-0.05, 0) is 43.3 Å². The van der Waals surface area contributed by atoms with Gasteiger partial charge in [0.15, 0.2) is 5.17 Å². The van der Waals surface area contributed by atoms with E-state index in [2.05, 4.69) is 10.3 Å². The van der Waals surface area contributed by atoms with E-state index in [4.69, 9.17) is 9.15 Å². The van der Waals surface area contributed by atoms with E-state index < -0.39 is 5.97 Å². The Balaban J connectivity index is 1.85. The number of hydrogen-bond donors (Lipinski definition) is 1. The maximum atomic E-state index is 12.1. The smallest absolute Gasteiger partial charge is 0.341 e. The van der Waals surface area contributed by atoms with E-state index in [1.807, 2.05) is 31.2 Å². The zero-order chi connectivity index (χ0) is 18.0. The molecule has 3 rings (SSSR count). The Morgan fingerprint density at radius 3 is 2.80 bits per heavy atom. The fourth-order valence-corrected chi connectivity index (χ4v) is 3.11. The van der Waals surface area contributed by atoms with Gasteiger partial charge in [-0.15, -0.1) is 0 Å². The van der Waals surface area contributed by atoms with Gasteiger partial charge in [-0.25, -0.2) is 9.79 Å². The lowest BCUT2D eigenvalue weighted by Crippen LogP contribution is -2.19. The maximum absolute atomic E-state index is 12.1. The van der Waals surface area contributed by atoms with Crippen LogP contribution < -0.4 is 5.32 Å². The van der Waals surface area contributed by atoms with Crippen molar-refractivity contribution in [2.24, 2.45) is 4.99 Å². The predicted octanol–water partition coefficient (Wildman–Crippen LogP) is 3.57. The van der Waals surface area contributed by atoms with Crippen molar-refractivity contribution in [2.45, 2.75) is 13.8 Å². The lowest BCUT2D eigenvalue weighted by Gasteiger charge is -1.99. The number of furan rings is 1. The molecule has 1 amide bonds. The summed E-state index contributed by atoms with van der Waals surface area (Å²) >= 11 is 1.22. The van der Waals surface area contributed by atoms with E-state index in [-0.39, 0.29) is 5.91 Å². The van der Waals surface area contributed by atoms with E-state index in [1.54, 1.807) is 19.1 Å². The van der Waals surface area contributed by atoms with Crippen molar-refractivity contribution in [1.82, 2.24) is 5.32 Å². The average Bonchev–Trinajstić information content (AvgIpc) is 3.12. The van der Waals surface area contributed by atoms with Gasteiger partial charge >= 0.3 is 5.97 Å². The Labute approximate surface area is 149 Å². The molecule has 2 heterocycles. The molecule has 1 N–H and O–H groups in total. The Morgan fingerprint density at radius 1 is 1.32 bits per heavy atom. The molecule has 1 saturated heterocycles. The molecule has 1 aromatic heterocycles.